The fourth-order valence-corrected chi connectivity index (χ4v) is 2.70. The predicted molar refractivity (Wildman–Crippen MR) is 67.9 cm³/mol. The second kappa shape index (κ2) is 5.10. The van der Waals surface area contributed by atoms with Crippen LogP contribution in [0, 0.1) is 18.8 Å². The molecule has 1 saturated heterocycles. The van der Waals surface area contributed by atoms with E-state index in [0.29, 0.717) is 5.92 Å². The smallest absolute Gasteiger partial charge is 0.310 e. The second-order valence-corrected chi connectivity index (χ2v) is 5.20. The van der Waals surface area contributed by atoms with Crippen LogP contribution >= 0.6 is 0 Å². The van der Waals surface area contributed by atoms with Crippen molar-refractivity contribution in [3.05, 3.63) is 17.5 Å². The van der Waals surface area contributed by atoms with Crippen LogP contribution in [0.15, 0.2) is 6.07 Å². The molecule has 2 heterocycles. The molecule has 1 aliphatic heterocycles. The van der Waals surface area contributed by atoms with Crippen LogP contribution in [0.25, 0.3) is 0 Å². The number of aromatic nitrogens is 2. The van der Waals surface area contributed by atoms with E-state index in [1.165, 1.54) is 12.8 Å². The van der Waals surface area contributed by atoms with Gasteiger partial charge in [0.1, 0.15) is 0 Å². The average Bonchev–Trinajstić information content (AvgIpc) is 2.82. The molecule has 2 rings (SSSR count). The van der Waals surface area contributed by atoms with Crippen LogP contribution in [-0.2, 0) is 23.1 Å². The lowest BCUT2D eigenvalue weighted by atomic mass is 9.99. The van der Waals surface area contributed by atoms with Crippen molar-refractivity contribution in [3.8, 4) is 0 Å². The van der Waals surface area contributed by atoms with E-state index in [-0.39, 0.29) is 11.9 Å². The Morgan fingerprint density at radius 3 is 2.83 bits per heavy atom. The number of rotatable bonds is 3. The number of esters is 1. The van der Waals surface area contributed by atoms with Crippen molar-refractivity contribution in [3.63, 3.8) is 0 Å². The lowest BCUT2D eigenvalue weighted by Crippen LogP contribution is -2.25. The number of ether oxygens (including phenoxy) is 1. The highest BCUT2D eigenvalue weighted by molar-refractivity contribution is 5.73. The number of likely N-dealkylation sites (tertiary alicyclic amines) is 1. The van der Waals surface area contributed by atoms with Gasteiger partial charge in [0.2, 0.25) is 0 Å². The summed E-state index contributed by atoms with van der Waals surface area (Å²) in [6.07, 6.45) is 0. The first-order valence-corrected chi connectivity index (χ1v) is 6.31. The van der Waals surface area contributed by atoms with Crippen molar-refractivity contribution in [2.75, 3.05) is 20.2 Å². The number of carbonyl (C=O) groups excluding carboxylic acids is 1. The highest BCUT2D eigenvalue weighted by atomic mass is 16.5. The topological polar surface area (TPSA) is 47.4 Å². The van der Waals surface area contributed by atoms with Gasteiger partial charge in [0.15, 0.2) is 0 Å². The van der Waals surface area contributed by atoms with E-state index in [9.17, 15) is 4.79 Å². The van der Waals surface area contributed by atoms with E-state index >= 15 is 0 Å². The molecule has 0 radical (unpaired) electrons. The van der Waals surface area contributed by atoms with Crippen molar-refractivity contribution in [2.45, 2.75) is 20.4 Å². The summed E-state index contributed by atoms with van der Waals surface area (Å²) >= 11 is 0. The van der Waals surface area contributed by atoms with Gasteiger partial charge >= 0.3 is 5.97 Å². The number of hydrogen-bond acceptors (Lipinski definition) is 4. The first-order valence-electron chi connectivity index (χ1n) is 6.31. The van der Waals surface area contributed by atoms with Crippen LogP contribution in [0.2, 0.25) is 0 Å². The Hall–Kier alpha value is -1.36. The summed E-state index contributed by atoms with van der Waals surface area (Å²) < 4.78 is 6.76. The molecule has 0 saturated carbocycles. The van der Waals surface area contributed by atoms with Gasteiger partial charge in [-0.15, -0.1) is 0 Å². The van der Waals surface area contributed by atoms with Crippen molar-refractivity contribution in [1.82, 2.24) is 14.7 Å². The van der Waals surface area contributed by atoms with Gasteiger partial charge in [0.25, 0.3) is 0 Å². The summed E-state index contributed by atoms with van der Waals surface area (Å²) in [5.41, 5.74) is 2.22. The third-order valence-corrected chi connectivity index (χ3v) is 3.68. The van der Waals surface area contributed by atoms with E-state index in [4.69, 9.17) is 4.74 Å². The number of nitrogens with zero attached hydrogens (tertiary/aromatic N) is 3. The fourth-order valence-electron chi connectivity index (χ4n) is 2.70. The number of hydrogen-bond donors (Lipinski definition) is 0. The monoisotopic (exact) mass is 251 g/mol. The molecule has 18 heavy (non-hydrogen) atoms. The van der Waals surface area contributed by atoms with Crippen molar-refractivity contribution >= 4 is 5.97 Å². The van der Waals surface area contributed by atoms with Crippen LogP contribution in [-0.4, -0.2) is 40.8 Å². The SMILES string of the molecule is COC(=O)C1CN(Cc2cc(C)nn2C)CC1C. The molecule has 1 aliphatic rings. The van der Waals surface area contributed by atoms with Gasteiger partial charge in [-0.2, -0.15) is 5.10 Å². The summed E-state index contributed by atoms with van der Waals surface area (Å²) in [6, 6.07) is 2.09. The van der Waals surface area contributed by atoms with Crippen LogP contribution < -0.4 is 0 Å². The summed E-state index contributed by atoms with van der Waals surface area (Å²) in [5.74, 6) is 0.266. The van der Waals surface area contributed by atoms with Gasteiger partial charge in [0.05, 0.1) is 24.4 Å². The third-order valence-electron chi connectivity index (χ3n) is 3.68. The highest BCUT2D eigenvalue weighted by Crippen LogP contribution is 2.25. The van der Waals surface area contributed by atoms with Gasteiger partial charge in [-0.3, -0.25) is 14.4 Å². The molecule has 2 unspecified atom stereocenters. The Bertz CT molecular complexity index is 441. The quantitative estimate of drug-likeness (QED) is 0.751. The summed E-state index contributed by atoms with van der Waals surface area (Å²) in [5, 5.41) is 4.34. The molecule has 0 aromatic carbocycles. The maximum Gasteiger partial charge on any atom is 0.310 e. The maximum absolute atomic E-state index is 11.6. The fraction of sp³-hybridized carbons (Fsp3) is 0.692. The molecule has 0 amide bonds. The number of carbonyl (C=O) groups is 1. The van der Waals surface area contributed by atoms with Crippen LogP contribution in [0.4, 0.5) is 0 Å². The highest BCUT2D eigenvalue weighted by Gasteiger charge is 2.35. The van der Waals surface area contributed by atoms with Crippen LogP contribution in [0.3, 0.4) is 0 Å². The molecular weight excluding hydrogens is 230 g/mol. The maximum atomic E-state index is 11.6. The van der Waals surface area contributed by atoms with E-state index in [1.54, 1.807) is 0 Å². The third kappa shape index (κ3) is 2.56. The average molecular weight is 251 g/mol. The lowest BCUT2D eigenvalue weighted by molar-refractivity contribution is -0.146. The molecule has 0 bridgehead atoms. The molecule has 0 spiro atoms. The van der Waals surface area contributed by atoms with E-state index in [2.05, 4.69) is 23.0 Å². The van der Waals surface area contributed by atoms with Gasteiger partial charge in [-0.25, -0.2) is 0 Å². The minimum atomic E-state index is -0.0915. The summed E-state index contributed by atoms with van der Waals surface area (Å²) in [6.45, 7) is 6.65. The van der Waals surface area contributed by atoms with Gasteiger partial charge < -0.3 is 4.74 Å². The zero-order chi connectivity index (χ0) is 13.3. The summed E-state index contributed by atoms with van der Waals surface area (Å²) in [7, 11) is 3.42. The Balaban J connectivity index is 2.00. The molecule has 100 valence electrons. The standard InChI is InChI=1S/C13H21N3O2/c1-9-6-16(8-12(9)13(17)18-4)7-11-5-10(2)14-15(11)3/h5,9,12H,6-8H2,1-4H3. The summed E-state index contributed by atoms with van der Waals surface area (Å²) in [4.78, 5) is 13.9. The van der Waals surface area contributed by atoms with Crippen LogP contribution in [0.1, 0.15) is 18.3 Å². The second-order valence-electron chi connectivity index (χ2n) is 5.20. The van der Waals surface area contributed by atoms with E-state index in [0.717, 1.165) is 25.3 Å². The Morgan fingerprint density at radius 2 is 2.28 bits per heavy atom. The molecular formula is C13H21N3O2. The molecule has 1 aromatic rings. The molecule has 0 aliphatic carbocycles. The van der Waals surface area contributed by atoms with E-state index in [1.807, 2.05) is 18.7 Å². The Labute approximate surface area is 108 Å². The van der Waals surface area contributed by atoms with Crippen molar-refractivity contribution < 1.29 is 9.53 Å². The van der Waals surface area contributed by atoms with Crippen LogP contribution in [0.5, 0.6) is 0 Å². The van der Waals surface area contributed by atoms with Crippen molar-refractivity contribution in [1.29, 1.82) is 0 Å². The lowest BCUT2D eigenvalue weighted by Gasteiger charge is -2.15. The van der Waals surface area contributed by atoms with Gasteiger partial charge in [-0.1, -0.05) is 6.92 Å². The van der Waals surface area contributed by atoms with Gasteiger partial charge in [-0.05, 0) is 18.9 Å². The molecule has 5 heteroatoms. The minimum Gasteiger partial charge on any atom is -0.469 e. The number of aryl methyl sites for hydroxylation is 2. The Morgan fingerprint density at radius 1 is 1.56 bits per heavy atom. The first kappa shape index (κ1) is 13.1. The molecule has 0 N–H and O–H groups in total. The number of methoxy groups -OCH3 is 1. The predicted octanol–water partition coefficient (Wildman–Crippen LogP) is 0.969. The van der Waals surface area contributed by atoms with E-state index < -0.39 is 0 Å². The molecule has 1 fully saturated rings. The molecule has 1 aromatic heterocycles. The first-order chi connectivity index (χ1) is 8.51. The van der Waals surface area contributed by atoms with Crippen molar-refractivity contribution in [2.24, 2.45) is 18.9 Å². The normalized spacial score (nSPS) is 24.4. The largest absolute Gasteiger partial charge is 0.469 e. The zero-order valence-corrected chi connectivity index (χ0v) is 11.5. The molecule has 5 nitrogen and oxygen atoms in total. The Kier molecular flexibility index (Phi) is 3.71. The molecule has 2 atom stereocenters. The van der Waals surface area contributed by atoms with Gasteiger partial charge in [0, 0.05) is 26.7 Å². The minimum absolute atomic E-state index is 0.00400. The zero-order valence-electron chi connectivity index (χ0n) is 11.5.